The molecule has 0 saturated carbocycles. The van der Waals surface area contributed by atoms with Crippen LogP contribution in [0.25, 0.3) is 0 Å². The molecule has 3 heterocycles. The van der Waals surface area contributed by atoms with Crippen molar-refractivity contribution in [3.05, 3.63) is 103 Å². The monoisotopic (exact) mass is 621 g/mol. The molecular formula is C28H20BrN3O5S2. The maximum absolute atomic E-state index is 13.8. The molecule has 39 heavy (non-hydrogen) atoms. The van der Waals surface area contributed by atoms with Crippen LogP contribution in [0.3, 0.4) is 0 Å². The van der Waals surface area contributed by atoms with E-state index in [1.165, 1.54) is 33.4 Å². The summed E-state index contributed by atoms with van der Waals surface area (Å²) in [6, 6.07) is 22.4. The molecule has 8 nitrogen and oxygen atoms in total. The van der Waals surface area contributed by atoms with Gasteiger partial charge in [-0.05, 0) is 54.1 Å². The van der Waals surface area contributed by atoms with Crippen molar-refractivity contribution in [1.82, 2.24) is 4.57 Å². The van der Waals surface area contributed by atoms with E-state index >= 15 is 0 Å². The molecule has 2 aliphatic rings. The van der Waals surface area contributed by atoms with Crippen LogP contribution in [-0.4, -0.2) is 32.6 Å². The van der Waals surface area contributed by atoms with Crippen molar-refractivity contribution in [2.75, 3.05) is 10.2 Å². The van der Waals surface area contributed by atoms with Gasteiger partial charge in [-0.1, -0.05) is 69.4 Å². The van der Waals surface area contributed by atoms with Crippen LogP contribution in [0.5, 0.6) is 5.75 Å². The molecule has 3 amide bonds. The Bertz CT molecular complexity index is 1670. The molecule has 4 aromatic rings. The summed E-state index contributed by atoms with van der Waals surface area (Å²) in [6.07, 6.45) is 0. The highest BCUT2D eigenvalue weighted by Crippen LogP contribution is 2.54. The number of fused-ring (bicyclic) bond motifs is 2. The standard InChI is InChI=1S/C28H20BrN3O5S2/c29-16-6-4-5-15(13-16)21-22-23(26(36)32(25(22)35)18-7-2-1-3-8-18)38-27-24(21)39-28(37)31(27)14-20(34)30-17-9-11-19(33)12-10-17/h1-13,21-23,33H,14H2,(H,30,34)/t21-,22?,23?/m1/s1. The predicted octanol–water partition coefficient (Wildman–Crippen LogP) is 4.81. The van der Waals surface area contributed by atoms with Crippen molar-refractivity contribution < 1.29 is 19.5 Å². The summed E-state index contributed by atoms with van der Waals surface area (Å²) in [6.45, 7) is -0.258. The number of phenols is 1. The average molecular weight is 623 g/mol. The molecule has 3 aromatic carbocycles. The minimum absolute atomic E-state index is 0.0704. The lowest BCUT2D eigenvalue weighted by molar-refractivity contribution is -0.122. The van der Waals surface area contributed by atoms with E-state index in [4.69, 9.17) is 0 Å². The summed E-state index contributed by atoms with van der Waals surface area (Å²) < 4.78 is 2.19. The third-order valence-corrected chi connectivity index (χ3v) is 9.82. The Morgan fingerprint density at radius 1 is 0.949 bits per heavy atom. The van der Waals surface area contributed by atoms with Crippen molar-refractivity contribution >= 4 is 68.1 Å². The van der Waals surface area contributed by atoms with Crippen molar-refractivity contribution in [1.29, 1.82) is 0 Å². The number of aromatic nitrogens is 1. The Hall–Kier alpha value is -3.67. The molecular weight excluding hydrogens is 602 g/mol. The number of hydrogen-bond acceptors (Lipinski definition) is 7. The van der Waals surface area contributed by atoms with E-state index in [0.717, 1.165) is 21.4 Å². The van der Waals surface area contributed by atoms with Gasteiger partial charge >= 0.3 is 4.87 Å². The first-order chi connectivity index (χ1) is 18.8. The Balaban J connectivity index is 1.41. The normalized spacial score (nSPS) is 20.0. The van der Waals surface area contributed by atoms with Crippen LogP contribution in [0.15, 0.2) is 93.2 Å². The van der Waals surface area contributed by atoms with Crippen LogP contribution in [0.1, 0.15) is 16.4 Å². The van der Waals surface area contributed by atoms with Crippen molar-refractivity contribution in [2.45, 2.75) is 22.7 Å². The second-order valence-corrected chi connectivity index (χ2v) is 12.2. The van der Waals surface area contributed by atoms with Crippen LogP contribution in [0.4, 0.5) is 11.4 Å². The molecule has 1 saturated heterocycles. The second kappa shape index (κ2) is 10.1. The van der Waals surface area contributed by atoms with Gasteiger partial charge in [0.2, 0.25) is 17.7 Å². The highest BCUT2D eigenvalue weighted by Gasteiger charge is 2.56. The Kier molecular flexibility index (Phi) is 6.66. The number of imide groups is 1. The van der Waals surface area contributed by atoms with Gasteiger partial charge < -0.3 is 10.4 Å². The van der Waals surface area contributed by atoms with Gasteiger partial charge in [-0.25, -0.2) is 4.90 Å². The number of hydrogen-bond donors (Lipinski definition) is 2. The van der Waals surface area contributed by atoms with E-state index in [9.17, 15) is 24.3 Å². The Morgan fingerprint density at radius 3 is 2.41 bits per heavy atom. The molecule has 0 spiro atoms. The van der Waals surface area contributed by atoms with Gasteiger partial charge in [0.1, 0.15) is 17.5 Å². The highest BCUT2D eigenvalue weighted by atomic mass is 79.9. The van der Waals surface area contributed by atoms with E-state index in [1.807, 2.05) is 30.3 Å². The number of carbonyl (C=O) groups is 3. The number of thioether (sulfide) groups is 1. The number of nitrogens with zero attached hydrogens (tertiary/aromatic N) is 2. The van der Waals surface area contributed by atoms with E-state index < -0.39 is 23.0 Å². The van der Waals surface area contributed by atoms with Gasteiger partial charge in [-0.3, -0.25) is 23.7 Å². The number of nitrogens with one attached hydrogen (secondary N) is 1. The number of aromatic hydroxyl groups is 1. The Labute approximate surface area is 239 Å². The van der Waals surface area contributed by atoms with Gasteiger partial charge in [0.25, 0.3) is 0 Å². The predicted molar refractivity (Wildman–Crippen MR) is 153 cm³/mol. The fourth-order valence-corrected chi connectivity index (χ4v) is 8.23. The quantitative estimate of drug-likeness (QED) is 0.244. The number of anilines is 2. The molecule has 1 fully saturated rings. The summed E-state index contributed by atoms with van der Waals surface area (Å²) in [4.78, 5) is 55.2. The zero-order chi connectivity index (χ0) is 27.3. The van der Waals surface area contributed by atoms with Gasteiger partial charge in [0.05, 0.1) is 16.6 Å². The second-order valence-electron chi connectivity index (χ2n) is 9.16. The Morgan fingerprint density at radius 2 is 1.69 bits per heavy atom. The number of para-hydroxylation sites is 1. The van der Waals surface area contributed by atoms with E-state index in [0.29, 0.717) is 21.3 Å². The third-order valence-electron chi connectivity index (χ3n) is 6.72. The number of phenolic OH excluding ortho intramolecular Hbond substituents is 1. The molecule has 196 valence electrons. The largest absolute Gasteiger partial charge is 0.508 e. The van der Waals surface area contributed by atoms with Gasteiger partial charge in [0.15, 0.2) is 0 Å². The molecule has 2 N–H and O–H groups in total. The van der Waals surface area contributed by atoms with Crippen LogP contribution in [-0.2, 0) is 20.9 Å². The lowest BCUT2D eigenvalue weighted by Crippen LogP contribution is -2.33. The molecule has 6 rings (SSSR count). The first-order valence-electron chi connectivity index (χ1n) is 12.0. The molecule has 0 aliphatic carbocycles. The zero-order valence-electron chi connectivity index (χ0n) is 20.1. The van der Waals surface area contributed by atoms with Gasteiger partial charge in [0, 0.05) is 21.0 Å². The smallest absolute Gasteiger partial charge is 0.308 e. The van der Waals surface area contributed by atoms with Crippen molar-refractivity contribution in [2.24, 2.45) is 5.92 Å². The van der Waals surface area contributed by atoms with Gasteiger partial charge in [-0.15, -0.1) is 0 Å². The summed E-state index contributed by atoms with van der Waals surface area (Å²) >= 11 is 5.68. The molecule has 1 aromatic heterocycles. The third kappa shape index (κ3) is 4.60. The van der Waals surface area contributed by atoms with Crippen molar-refractivity contribution in [3.63, 3.8) is 0 Å². The molecule has 0 bridgehead atoms. The van der Waals surface area contributed by atoms with E-state index in [2.05, 4.69) is 21.2 Å². The fraction of sp³-hybridized carbons (Fsp3) is 0.143. The summed E-state index contributed by atoms with van der Waals surface area (Å²) in [5.74, 6) is -2.25. The number of halogens is 1. The summed E-state index contributed by atoms with van der Waals surface area (Å²) in [7, 11) is 0. The fourth-order valence-electron chi connectivity index (χ4n) is 5.03. The molecule has 2 aliphatic heterocycles. The SMILES string of the molecule is O=C(Cn1c2c(sc1=O)[C@H](c1cccc(Br)c1)C1C(=O)N(c3ccccc3)C(=O)C1S2)Nc1ccc(O)cc1. The van der Waals surface area contributed by atoms with Crippen molar-refractivity contribution in [3.8, 4) is 5.75 Å². The molecule has 11 heteroatoms. The minimum Gasteiger partial charge on any atom is -0.508 e. The number of carbonyl (C=O) groups excluding carboxylic acids is 3. The molecule has 3 atom stereocenters. The lowest BCUT2D eigenvalue weighted by Gasteiger charge is -2.30. The number of thiazole rings is 1. The van der Waals surface area contributed by atoms with Crippen LogP contribution >= 0.6 is 39.0 Å². The maximum Gasteiger partial charge on any atom is 0.308 e. The highest BCUT2D eigenvalue weighted by molar-refractivity contribution is 9.10. The first-order valence-corrected chi connectivity index (χ1v) is 14.5. The average Bonchev–Trinajstić information content (AvgIpc) is 3.36. The van der Waals surface area contributed by atoms with E-state index in [1.54, 1.807) is 36.4 Å². The zero-order valence-corrected chi connectivity index (χ0v) is 23.3. The number of benzene rings is 3. The van der Waals surface area contributed by atoms with Crippen LogP contribution < -0.4 is 15.1 Å². The minimum atomic E-state index is -0.755. The van der Waals surface area contributed by atoms with Crippen LogP contribution in [0, 0.1) is 5.92 Å². The first kappa shape index (κ1) is 25.6. The number of amides is 3. The summed E-state index contributed by atoms with van der Waals surface area (Å²) in [5.41, 5.74) is 1.79. The van der Waals surface area contributed by atoms with Gasteiger partial charge in [-0.2, -0.15) is 0 Å². The topological polar surface area (TPSA) is 109 Å². The maximum atomic E-state index is 13.8. The molecule has 0 radical (unpaired) electrons. The summed E-state index contributed by atoms with van der Waals surface area (Å²) in [5, 5.41) is 12.0. The molecule has 2 unspecified atom stereocenters. The van der Waals surface area contributed by atoms with Crippen LogP contribution in [0.2, 0.25) is 0 Å². The number of rotatable bonds is 5. The van der Waals surface area contributed by atoms with E-state index in [-0.39, 0.29) is 29.0 Å². The lowest BCUT2D eigenvalue weighted by atomic mass is 9.83.